The summed E-state index contributed by atoms with van der Waals surface area (Å²) in [6.07, 6.45) is 2.73. The van der Waals surface area contributed by atoms with Crippen molar-refractivity contribution in [1.29, 1.82) is 0 Å². The van der Waals surface area contributed by atoms with Crippen molar-refractivity contribution in [3.05, 3.63) is 29.6 Å². The highest BCUT2D eigenvalue weighted by Gasteiger charge is 2.32. The van der Waals surface area contributed by atoms with Gasteiger partial charge in [0.15, 0.2) is 6.10 Å². The highest BCUT2D eigenvalue weighted by Crippen LogP contribution is 2.29. The Morgan fingerprint density at radius 3 is 2.73 bits per heavy atom. The first-order chi connectivity index (χ1) is 10.5. The molecule has 1 aromatic carbocycles. The normalized spacial score (nSPS) is 17.0. The van der Waals surface area contributed by atoms with Crippen molar-refractivity contribution in [3.8, 4) is 5.75 Å². The zero-order chi connectivity index (χ0) is 16.2. The summed E-state index contributed by atoms with van der Waals surface area (Å²) in [5.74, 6) is -0.0372. The van der Waals surface area contributed by atoms with E-state index in [4.69, 9.17) is 4.74 Å². The van der Waals surface area contributed by atoms with Gasteiger partial charge in [0.1, 0.15) is 11.6 Å². The van der Waals surface area contributed by atoms with Gasteiger partial charge in [-0.2, -0.15) is 0 Å². The molecule has 0 bridgehead atoms. The largest absolute Gasteiger partial charge is 0.480 e. The van der Waals surface area contributed by atoms with Crippen LogP contribution in [0.4, 0.5) is 4.39 Å². The number of carbonyl (C=O) groups excluding carboxylic acids is 1. The highest BCUT2D eigenvalue weighted by molar-refractivity contribution is 5.82. The monoisotopic (exact) mass is 309 g/mol. The number of amides is 1. The molecule has 2 rings (SSSR count). The van der Waals surface area contributed by atoms with Crippen molar-refractivity contribution in [2.24, 2.45) is 0 Å². The van der Waals surface area contributed by atoms with E-state index in [0.717, 1.165) is 12.8 Å². The van der Waals surface area contributed by atoms with E-state index < -0.39 is 11.7 Å². The minimum Gasteiger partial charge on any atom is -0.480 e. The number of fused-ring (bicyclic) bond motifs is 1. The third-order valence-electron chi connectivity index (χ3n) is 4.01. The lowest BCUT2D eigenvalue weighted by Crippen LogP contribution is -2.47. The maximum absolute atomic E-state index is 13.2. The molecule has 1 aliphatic rings. The maximum atomic E-state index is 13.2. The SMILES string of the molecule is CCCC(O)(CCC)CNC(=O)C1Cc2cc(F)ccc2O1. The molecule has 0 fully saturated rings. The van der Waals surface area contributed by atoms with Gasteiger partial charge in [0.25, 0.3) is 5.91 Å². The average molecular weight is 309 g/mol. The first kappa shape index (κ1) is 16.7. The summed E-state index contributed by atoms with van der Waals surface area (Å²) in [5, 5.41) is 13.3. The fraction of sp³-hybridized carbons (Fsp3) is 0.588. The predicted molar refractivity (Wildman–Crippen MR) is 82.3 cm³/mol. The van der Waals surface area contributed by atoms with Crippen molar-refractivity contribution >= 4 is 5.91 Å². The summed E-state index contributed by atoms with van der Waals surface area (Å²) in [5.41, 5.74) is -0.158. The fourth-order valence-corrected chi connectivity index (χ4v) is 2.96. The van der Waals surface area contributed by atoms with Crippen molar-refractivity contribution in [2.75, 3.05) is 6.54 Å². The molecule has 1 unspecified atom stereocenters. The zero-order valence-corrected chi connectivity index (χ0v) is 13.2. The summed E-state index contributed by atoms with van der Waals surface area (Å²) in [7, 11) is 0. The molecular weight excluding hydrogens is 285 g/mol. The summed E-state index contributed by atoms with van der Waals surface area (Å²) in [6, 6.07) is 4.26. The van der Waals surface area contributed by atoms with Gasteiger partial charge in [0.05, 0.1) is 5.60 Å². The van der Waals surface area contributed by atoms with Crippen LogP contribution in [0.15, 0.2) is 18.2 Å². The average Bonchev–Trinajstić information content (AvgIpc) is 2.88. The van der Waals surface area contributed by atoms with Gasteiger partial charge in [-0.3, -0.25) is 4.79 Å². The summed E-state index contributed by atoms with van der Waals surface area (Å²) in [4.78, 5) is 12.2. The van der Waals surface area contributed by atoms with Crippen LogP contribution in [0.3, 0.4) is 0 Å². The molecule has 0 saturated heterocycles. The number of halogens is 1. The van der Waals surface area contributed by atoms with Crippen molar-refractivity contribution in [2.45, 2.75) is 57.7 Å². The molecule has 22 heavy (non-hydrogen) atoms. The Morgan fingerprint density at radius 2 is 2.09 bits per heavy atom. The Morgan fingerprint density at radius 1 is 1.41 bits per heavy atom. The molecule has 0 radical (unpaired) electrons. The first-order valence-corrected chi connectivity index (χ1v) is 7.92. The fourth-order valence-electron chi connectivity index (χ4n) is 2.96. The minimum absolute atomic E-state index is 0.220. The second-order valence-electron chi connectivity index (χ2n) is 6.00. The molecule has 4 nitrogen and oxygen atoms in total. The van der Waals surface area contributed by atoms with E-state index in [9.17, 15) is 14.3 Å². The molecule has 1 heterocycles. The predicted octanol–water partition coefficient (Wildman–Crippen LogP) is 2.58. The quantitative estimate of drug-likeness (QED) is 0.814. The lowest BCUT2D eigenvalue weighted by Gasteiger charge is -2.28. The number of aliphatic hydroxyl groups is 1. The Balaban J connectivity index is 1.91. The molecule has 5 heteroatoms. The van der Waals surface area contributed by atoms with Crippen LogP contribution in [-0.4, -0.2) is 29.3 Å². The molecule has 122 valence electrons. The standard InChI is InChI=1S/C17H24FNO3/c1-3-7-17(21,8-4-2)11-19-16(20)15-10-12-9-13(18)5-6-14(12)22-15/h5-6,9,15,21H,3-4,7-8,10-11H2,1-2H3,(H,19,20). The smallest absolute Gasteiger partial charge is 0.261 e. The van der Waals surface area contributed by atoms with E-state index in [-0.39, 0.29) is 18.3 Å². The second kappa shape index (κ2) is 7.09. The Kier molecular flexibility index (Phi) is 5.40. The number of hydrogen-bond donors (Lipinski definition) is 2. The lowest BCUT2D eigenvalue weighted by molar-refractivity contribution is -0.128. The van der Waals surface area contributed by atoms with Crippen molar-refractivity contribution < 1.29 is 19.0 Å². The lowest BCUT2D eigenvalue weighted by atomic mass is 9.92. The number of ether oxygens (including phenoxy) is 1. The van der Waals surface area contributed by atoms with Crippen LogP contribution in [0.2, 0.25) is 0 Å². The van der Waals surface area contributed by atoms with Gasteiger partial charge in [-0.05, 0) is 31.0 Å². The van der Waals surface area contributed by atoms with Gasteiger partial charge >= 0.3 is 0 Å². The first-order valence-electron chi connectivity index (χ1n) is 7.92. The third-order valence-corrected chi connectivity index (χ3v) is 4.01. The molecule has 0 spiro atoms. The molecule has 1 atom stereocenters. The molecule has 0 aliphatic carbocycles. The summed E-state index contributed by atoms with van der Waals surface area (Å²) in [6.45, 7) is 4.24. The van der Waals surface area contributed by atoms with Gasteiger partial charge in [0.2, 0.25) is 0 Å². The third kappa shape index (κ3) is 3.97. The Labute approximate surface area is 130 Å². The van der Waals surface area contributed by atoms with Crippen LogP contribution in [-0.2, 0) is 11.2 Å². The molecule has 1 aromatic rings. The zero-order valence-electron chi connectivity index (χ0n) is 13.2. The number of nitrogens with one attached hydrogen (secondary N) is 1. The van der Waals surface area contributed by atoms with Gasteiger partial charge in [-0.1, -0.05) is 26.7 Å². The Bertz CT molecular complexity index is 527. The van der Waals surface area contributed by atoms with Gasteiger partial charge in [-0.15, -0.1) is 0 Å². The molecule has 1 amide bonds. The van der Waals surface area contributed by atoms with E-state index in [1.54, 1.807) is 6.07 Å². The molecule has 1 aliphatic heterocycles. The van der Waals surface area contributed by atoms with E-state index >= 15 is 0 Å². The minimum atomic E-state index is -0.864. The van der Waals surface area contributed by atoms with Crippen LogP contribution in [0.5, 0.6) is 5.75 Å². The summed E-state index contributed by atoms with van der Waals surface area (Å²) >= 11 is 0. The van der Waals surface area contributed by atoms with Crippen LogP contribution in [0, 0.1) is 5.82 Å². The van der Waals surface area contributed by atoms with Crippen molar-refractivity contribution in [3.63, 3.8) is 0 Å². The molecule has 2 N–H and O–H groups in total. The number of rotatable bonds is 7. The topological polar surface area (TPSA) is 58.6 Å². The number of hydrogen-bond acceptors (Lipinski definition) is 3. The van der Waals surface area contributed by atoms with Crippen molar-refractivity contribution in [1.82, 2.24) is 5.32 Å². The maximum Gasteiger partial charge on any atom is 0.261 e. The second-order valence-corrected chi connectivity index (χ2v) is 6.00. The van der Waals surface area contributed by atoms with Gasteiger partial charge < -0.3 is 15.2 Å². The summed E-state index contributed by atoms with van der Waals surface area (Å²) < 4.78 is 18.7. The Hall–Kier alpha value is -1.62. The van der Waals surface area contributed by atoms with E-state index in [1.807, 2.05) is 13.8 Å². The molecule has 0 saturated carbocycles. The van der Waals surface area contributed by atoms with E-state index in [1.165, 1.54) is 12.1 Å². The number of carbonyl (C=O) groups is 1. The van der Waals surface area contributed by atoms with Crippen LogP contribution >= 0.6 is 0 Å². The van der Waals surface area contributed by atoms with Crippen LogP contribution < -0.4 is 10.1 Å². The highest BCUT2D eigenvalue weighted by atomic mass is 19.1. The van der Waals surface area contributed by atoms with Gasteiger partial charge in [0, 0.05) is 18.5 Å². The van der Waals surface area contributed by atoms with Crippen LogP contribution in [0.1, 0.15) is 45.1 Å². The van der Waals surface area contributed by atoms with Gasteiger partial charge in [-0.25, -0.2) is 4.39 Å². The van der Waals surface area contributed by atoms with Crippen LogP contribution in [0.25, 0.3) is 0 Å². The van der Waals surface area contributed by atoms with E-state index in [0.29, 0.717) is 30.6 Å². The molecule has 0 aromatic heterocycles. The van der Waals surface area contributed by atoms with E-state index in [2.05, 4.69) is 5.32 Å². The number of benzene rings is 1. The molecular formula is C17H24FNO3.